The van der Waals surface area contributed by atoms with Crippen LogP contribution in [-0.4, -0.2) is 36.3 Å². The van der Waals surface area contributed by atoms with Crippen LogP contribution < -0.4 is 5.32 Å². The molecule has 0 saturated carbocycles. The molecule has 5 nitrogen and oxygen atoms in total. The zero-order valence-corrected chi connectivity index (χ0v) is 9.41. The lowest BCUT2D eigenvalue weighted by atomic mass is 10.2. The summed E-state index contributed by atoms with van der Waals surface area (Å²) in [5, 5.41) is 11.4. The van der Waals surface area contributed by atoms with Crippen molar-refractivity contribution in [3.63, 3.8) is 0 Å². The lowest BCUT2D eigenvalue weighted by molar-refractivity contribution is -0.137. The lowest BCUT2D eigenvalue weighted by Gasteiger charge is -2.11. The quantitative estimate of drug-likeness (QED) is 0.794. The number of aromatic carboxylic acids is 1. The third kappa shape index (κ3) is 3.59. The fourth-order valence-corrected chi connectivity index (χ4v) is 1.20. The highest BCUT2D eigenvalue weighted by Crippen LogP contribution is 2.30. The third-order valence-corrected chi connectivity index (χ3v) is 2.04. The van der Waals surface area contributed by atoms with Crippen LogP contribution in [0.3, 0.4) is 0 Å². The highest BCUT2D eigenvalue weighted by molar-refractivity contribution is 5.93. The number of methoxy groups -OCH3 is 1. The van der Waals surface area contributed by atoms with Crippen molar-refractivity contribution in [2.45, 2.75) is 6.18 Å². The lowest BCUT2D eigenvalue weighted by Crippen LogP contribution is -2.15. The summed E-state index contributed by atoms with van der Waals surface area (Å²) in [4.78, 5) is 14.3. The SMILES string of the molecule is COCCNc1ncc(C(F)(F)F)cc1C(=O)O. The van der Waals surface area contributed by atoms with E-state index in [1.807, 2.05) is 0 Å². The van der Waals surface area contributed by atoms with Crippen molar-refractivity contribution in [3.05, 3.63) is 23.4 Å². The van der Waals surface area contributed by atoms with Gasteiger partial charge in [0.2, 0.25) is 0 Å². The molecule has 0 amide bonds. The molecule has 2 N–H and O–H groups in total. The Hall–Kier alpha value is -1.83. The van der Waals surface area contributed by atoms with E-state index in [0.717, 1.165) is 0 Å². The Balaban J connectivity index is 3.01. The van der Waals surface area contributed by atoms with Gasteiger partial charge in [0.25, 0.3) is 0 Å². The number of rotatable bonds is 5. The molecule has 0 aliphatic carbocycles. The van der Waals surface area contributed by atoms with Crippen LogP contribution in [0.2, 0.25) is 0 Å². The molecule has 0 spiro atoms. The van der Waals surface area contributed by atoms with Crippen LogP contribution in [0.5, 0.6) is 0 Å². The number of carbonyl (C=O) groups is 1. The van der Waals surface area contributed by atoms with Gasteiger partial charge in [0.15, 0.2) is 0 Å². The monoisotopic (exact) mass is 264 g/mol. The average molecular weight is 264 g/mol. The van der Waals surface area contributed by atoms with Gasteiger partial charge < -0.3 is 15.2 Å². The van der Waals surface area contributed by atoms with Crippen molar-refractivity contribution in [1.29, 1.82) is 0 Å². The summed E-state index contributed by atoms with van der Waals surface area (Å²) in [6, 6.07) is 0.546. The third-order valence-electron chi connectivity index (χ3n) is 2.04. The molecule has 1 aromatic rings. The standard InChI is InChI=1S/C10H11F3N2O3/c1-18-3-2-14-8-7(9(16)17)4-6(5-15-8)10(11,12)13/h4-5H,2-3H2,1H3,(H,14,15)(H,16,17). The molecule has 1 aromatic heterocycles. The Labute approximate surface area is 101 Å². The predicted octanol–water partition coefficient (Wildman–Crippen LogP) is 1.86. The van der Waals surface area contributed by atoms with Crippen LogP contribution in [0.4, 0.5) is 19.0 Å². The first-order valence-electron chi connectivity index (χ1n) is 4.89. The Morgan fingerprint density at radius 1 is 1.56 bits per heavy atom. The number of nitrogens with one attached hydrogen (secondary N) is 1. The summed E-state index contributed by atoms with van der Waals surface area (Å²) in [7, 11) is 1.44. The van der Waals surface area contributed by atoms with Gasteiger partial charge in [-0.05, 0) is 6.07 Å². The van der Waals surface area contributed by atoms with E-state index in [0.29, 0.717) is 12.3 Å². The topological polar surface area (TPSA) is 71.5 Å². The minimum atomic E-state index is -4.62. The van der Waals surface area contributed by atoms with Crippen LogP contribution >= 0.6 is 0 Å². The second-order valence-corrected chi connectivity index (χ2v) is 3.34. The zero-order chi connectivity index (χ0) is 13.8. The number of carboxylic acid groups (broad SMARTS) is 1. The molecule has 0 aromatic carbocycles. The van der Waals surface area contributed by atoms with E-state index in [4.69, 9.17) is 9.84 Å². The van der Waals surface area contributed by atoms with Crippen LogP contribution in [0.1, 0.15) is 15.9 Å². The van der Waals surface area contributed by atoms with E-state index in [-0.39, 0.29) is 19.0 Å². The summed E-state index contributed by atoms with van der Waals surface area (Å²) in [5.74, 6) is -1.60. The summed E-state index contributed by atoms with van der Waals surface area (Å²) in [6.45, 7) is 0.525. The number of carboxylic acids is 1. The van der Waals surface area contributed by atoms with Gasteiger partial charge in [-0.1, -0.05) is 0 Å². The van der Waals surface area contributed by atoms with Crippen molar-refractivity contribution in [3.8, 4) is 0 Å². The summed E-state index contributed by atoms with van der Waals surface area (Å²) in [5.41, 5.74) is -1.63. The van der Waals surface area contributed by atoms with Gasteiger partial charge in [0.1, 0.15) is 11.4 Å². The van der Waals surface area contributed by atoms with E-state index < -0.39 is 23.3 Å². The van der Waals surface area contributed by atoms with Crippen LogP contribution in [0.25, 0.3) is 0 Å². The van der Waals surface area contributed by atoms with Crippen molar-refractivity contribution in [2.24, 2.45) is 0 Å². The van der Waals surface area contributed by atoms with E-state index in [1.165, 1.54) is 7.11 Å². The number of alkyl halides is 3. The molecular formula is C10H11F3N2O3. The molecule has 0 atom stereocenters. The maximum Gasteiger partial charge on any atom is 0.417 e. The second kappa shape index (κ2) is 5.67. The first-order chi connectivity index (χ1) is 8.36. The fourth-order valence-electron chi connectivity index (χ4n) is 1.20. The number of aromatic nitrogens is 1. The molecule has 0 aliphatic heterocycles. The Morgan fingerprint density at radius 2 is 2.22 bits per heavy atom. The second-order valence-electron chi connectivity index (χ2n) is 3.34. The van der Waals surface area contributed by atoms with Crippen LogP contribution in [-0.2, 0) is 10.9 Å². The van der Waals surface area contributed by atoms with Gasteiger partial charge in [0, 0.05) is 19.9 Å². The van der Waals surface area contributed by atoms with Gasteiger partial charge in [-0.15, -0.1) is 0 Å². The normalized spacial score (nSPS) is 11.3. The molecule has 0 fully saturated rings. The smallest absolute Gasteiger partial charge is 0.417 e. The highest BCUT2D eigenvalue weighted by atomic mass is 19.4. The molecule has 0 saturated heterocycles. The van der Waals surface area contributed by atoms with Crippen molar-refractivity contribution in [1.82, 2.24) is 4.98 Å². The van der Waals surface area contributed by atoms with E-state index in [1.54, 1.807) is 0 Å². The first kappa shape index (κ1) is 14.2. The Morgan fingerprint density at radius 3 is 2.72 bits per heavy atom. The number of halogens is 3. The van der Waals surface area contributed by atoms with Crippen LogP contribution in [0, 0.1) is 0 Å². The summed E-state index contributed by atoms with van der Waals surface area (Å²) in [6.07, 6.45) is -4.04. The Bertz CT molecular complexity index is 435. The number of anilines is 1. The molecule has 0 unspecified atom stereocenters. The largest absolute Gasteiger partial charge is 0.478 e. The van der Waals surface area contributed by atoms with Gasteiger partial charge in [-0.3, -0.25) is 0 Å². The molecule has 8 heteroatoms. The number of ether oxygens (including phenoxy) is 1. The van der Waals surface area contributed by atoms with E-state index in [9.17, 15) is 18.0 Å². The molecule has 0 radical (unpaired) electrons. The van der Waals surface area contributed by atoms with Crippen molar-refractivity contribution in [2.75, 3.05) is 25.6 Å². The molecule has 100 valence electrons. The number of pyridine rings is 1. The number of nitrogens with zero attached hydrogens (tertiary/aromatic N) is 1. The van der Waals surface area contributed by atoms with Gasteiger partial charge in [0.05, 0.1) is 12.2 Å². The molecule has 0 aliphatic rings. The first-order valence-corrected chi connectivity index (χ1v) is 4.89. The number of hydrogen-bond acceptors (Lipinski definition) is 4. The summed E-state index contributed by atoms with van der Waals surface area (Å²) < 4.78 is 41.9. The van der Waals surface area contributed by atoms with Gasteiger partial charge in [-0.2, -0.15) is 13.2 Å². The maximum atomic E-state index is 12.4. The molecule has 0 bridgehead atoms. The van der Waals surface area contributed by atoms with E-state index >= 15 is 0 Å². The van der Waals surface area contributed by atoms with Crippen LogP contribution in [0.15, 0.2) is 12.3 Å². The van der Waals surface area contributed by atoms with Crippen molar-refractivity contribution < 1.29 is 27.8 Å². The van der Waals surface area contributed by atoms with E-state index in [2.05, 4.69) is 10.3 Å². The Kier molecular flexibility index (Phi) is 4.49. The number of hydrogen-bond donors (Lipinski definition) is 2. The maximum absolute atomic E-state index is 12.4. The molecule has 1 heterocycles. The summed E-state index contributed by atoms with van der Waals surface area (Å²) >= 11 is 0. The molecule has 1 rings (SSSR count). The van der Waals surface area contributed by atoms with Gasteiger partial charge in [-0.25, -0.2) is 9.78 Å². The average Bonchev–Trinajstić information content (AvgIpc) is 2.28. The minimum Gasteiger partial charge on any atom is -0.478 e. The molecular weight excluding hydrogens is 253 g/mol. The molecule has 18 heavy (non-hydrogen) atoms. The highest BCUT2D eigenvalue weighted by Gasteiger charge is 2.32. The fraction of sp³-hybridized carbons (Fsp3) is 0.400. The predicted molar refractivity (Wildman–Crippen MR) is 56.6 cm³/mol. The van der Waals surface area contributed by atoms with Gasteiger partial charge >= 0.3 is 12.1 Å². The minimum absolute atomic E-state index is 0.118. The zero-order valence-electron chi connectivity index (χ0n) is 9.41. The van der Waals surface area contributed by atoms with Crippen molar-refractivity contribution >= 4 is 11.8 Å².